The minimum Gasteiger partial charge on any atom is -0.335 e. The summed E-state index contributed by atoms with van der Waals surface area (Å²) in [6.07, 6.45) is 1.64. The Hall–Kier alpha value is -2.44. The largest absolute Gasteiger partial charge is 0.335 e. The molecule has 2 aromatic rings. The fourth-order valence-corrected chi connectivity index (χ4v) is 2.45. The summed E-state index contributed by atoms with van der Waals surface area (Å²) in [5.74, 6) is -1.60. The molecular formula is C15H15N3O3. The molecule has 1 amide bonds. The van der Waals surface area contributed by atoms with Crippen molar-refractivity contribution in [2.75, 3.05) is 19.5 Å². The lowest BCUT2D eigenvalue weighted by Gasteiger charge is -2.44. The first kappa shape index (κ1) is 13.5. The van der Waals surface area contributed by atoms with Crippen molar-refractivity contribution in [2.45, 2.75) is 5.85 Å². The Morgan fingerprint density at radius 3 is 2.57 bits per heavy atom. The number of nitrogens with zero attached hydrogens (tertiary/aromatic N) is 2. The quantitative estimate of drug-likeness (QED) is 0.934. The number of carbonyl (C=O) groups excluding carboxylic acids is 1. The second-order valence-electron chi connectivity index (χ2n) is 4.52. The third kappa shape index (κ3) is 1.96. The number of amides is 1. The molecule has 6 nitrogen and oxygen atoms in total. The number of pyridine rings is 1. The molecule has 0 radical (unpaired) electrons. The predicted octanol–water partition coefficient (Wildman–Crippen LogP) is 1.97. The predicted molar refractivity (Wildman–Crippen MR) is 76.2 cm³/mol. The summed E-state index contributed by atoms with van der Waals surface area (Å²) < 4.78 is 5.60. The fourth-order valence-electron chi connectivity index (χ4n) is 2.45. The third-order valence-electron chi connectivity index (χ3n) is 3.42. The van der Waals surface area contributed by atoms with Gasteiger partial charge < -0.3 is 10.1 Å². The standard InChI is InChI=1S/C15H15N3O3/c1-20-15(13-9-5-6-10-16-13)17-12-8-4-3-7-11(12)14(19)18(15)21-2/h3-10,17H,1-2H3. The molecule has 0 aliphatic carbocycles. The van der Waals surface area contributed by atoms with E-state index < -0.39 is 5.85 Å². The molecule has 108 valence electrons. The van der Waals surface area contributed by atoms with E-state index in [0.717, 1.165) is 5.06 Å². The molecule has 0 saturated heterocycles. The molecule has 1 aliphatic rings. The van der Waals surface area contributed by atoms with Crippen molar-refractivity contribution in [2.24, 2.45) is 0 Å². The maximum atomic E-state index is 12.6. The van der Waals surface area contributed by atoms with Crippen molar-refractivity contribution >= 4 is 11.6 Å². The van der Waals surface area contributed by atoms with Gasteiger partial charge in [0, 0.05) is 13.3 Å². The zero-order valence-electron chi connectivity index (χ0n) is 11.7. The zero-order chi connectivity index (χ0) is 14.9. The van der Waals surface area contributed by atoms with E-state index in [4.69, 9.17) is 9.57 Å². The van der Waals surface area contributed by atoms with E-state index >= 15 is 0 Å². The summed E-state index contributed by atoms with van der Waals surface area (Å²) in [4.78, 5) is 22.2. The van der Waals surface area contributed by atoms with Crippen molar-refractivity contribution in [3.05, 3.63) is 59.9 Å². The van der Waals surface area contributed by atoms with Crippen LogP contribution in [0.25, 0.3) is 0 Å². The Labute approximate surface area is 122 Å². The summed E-state index contributed by atoms with van der Waals surface area (Å²) in [5, 5.41) is 4.35. The van der Waals surface area contributed by atoms with Gasteiger partial charge in [0.2, 0.25) is 0 Å². The Balaban J connectivity index is 2.19. The van der Waals surface area contributed by atoms with E-state index in [9.17, 15) is 4.79 Å². The number of hydroxylamine groups is 2. The van der Waals surface area contributed by atoms with E-state index in [1.165, 1.54) is 14.2 Å². The van der Waals surface area contributed by atoms with Crippen LogP contribution in [0.4, 0.5) is 5.69 Å². The second-order valence-corrected chi connectivity index (χ2v) is 4.52. The number of nitrogens with one attached hydrogen (secondary N) is 1. The number of ether oxygens (including phenoxy) is 1. The molecule has 3 rings (SSSR count). The molecule has 0 fully saturated rings. The van der Waals surface area contributed by atoms with E-state index in [1.54, 1.807) is 30.5 Å². The van der Waals surface area contributed by atoms with Crippen LogP contribution in [-0.2, 0) is 15.4 Å². The average Bonchev–Trinajstić information content (AvgIpc) is 2.55. The molecule has 21 heavy (non-hydrogen) atoms. The molecule has 1 aliphatic heterocycles. The number of para-hydroxylation sites is 1. The SMILES string of the molecule is CON1C(=O)c2ccccc2NC1(OC)c1ccccn1. The summed E-state index contributed by atoms with van der Waals surface area (Å²) in [7, 11) is 2.92. The van der Waals surface area contributed by atoms with Gasteiger partial charge in [0.25, 0.3) is 11.8 Å². The highest BCUT2D eigenvalue weighted by molar-refractivity contribution is 6.01. The molecule has 1 aromatic carbocycles. The number of fused-ring (bicyclic) bond motifs is 1. The van der Waals surface area contributed by atoms with Crippen molar-refractivity contribution in [3.63, 3.8) is 0 Å². The number of carbonyl (C=O) groups is 1. The van der Waals surface area contributed by atoms with Crippen molar-refractivity contribution in [1.29, 1.82) is 0 Å². The molecule has 1 aromatic heterocycles. The Morgan fingerprint density at radius 1 is 1.14 bits per heavy atom. The lowest BCUT2D eigenvalue weighted by molar-refractivity contribution is -0.253. The minimum atomic E-state index is -1.30. The summed E-state index contributed by atoms with van der Waals surface area (Å²) in [6, 6.07) is 12.6. The number of benzene rings is 1. The Morgan fingerprint density at radius 2 is 1.90 bits per heavy atom. The summed E-state index contributed by atoms with van der Waals surface area (Å²) in [5.41, 5.74) is 1.71. The maximum absolute atomic E-state index is 12.6. The van der Waals surface area contributed by atoms with Gasteiger partial charge in [-0.3, -0.25) is 14.6 Å². The van der Waals surface area contributed by atoms with Gasteiger partial charge in [-0.05, 0) is 24.3 Å². The van der Waals surface area contributed by atoms with Gasteiger partial charge in [0.15, 0.2) is 0 Å². The molecule has 1 N–H and O–H groups in total. The molecule has 1 unspecified atom stereocenters. The first-order valence-corrected chi connectivity index (χ1v) is 6.45. The van der Waals surface area contributed by atoms with E-state index in [2.05, 4.69) is 10.3 Å². The highest BCUT2D eigenvalue weighted by Gasteiger charge is 2.49. The zero-order valence-corrected chi connectivity index (χ0v) is 11.7. The van der Waals surface area contributed by atoms with E-state index in [-0.39, 0.29) is 5.91 Å². The van der Waals surface area contributed by atoms with Gasteiger partial charge in [-0.15, -0.1) is 0 Å². The number of rotatable bonds is 3. The van der Waals surface area contributed by atoms with Crippen LogP contribution >= 0.6 is 0 Å². The van der Waals surface area contributed by atoms with Gasteiger partial charge in [0.1, 0.15) is 5.69 Å². The Bertz CT molecular complexity index is 662. The number of anilines is 1. The van der Waals surface area contributed by atoms with Crippen LogP contribution in [0.1, 0.15) is 16.1 Å². The molecule has 0 bridgehead atoms. The summed E-state index contributed by atoms with van der Waals surface area (Å²) in [6.45, 7) is 0. The maximum Gasteiger partial charge on any atom is 0.290 e. The van der Waals surface area contributed by atoms with Crippen LogP contribution in [-0.4, -0.2) is 30.2 Å². The van der Waals surface area contributed by atoms with Crippen molar-refractivity contribution < 1.29 is 14.4 Å². The average molecular weight is 285 g/mol. The first-order chi connectivity index (χ1) is 10.2. The van der Waals surface area contributed by atoms with Gasteiger partial charge in [0.05, 0.1) is 18.4 Å². The lowest BCUT2D eigenvalue weighted by Crippen LogP contribution is -2.58. The van der Waals surface area contributed by atoms with Gasteiger partial charge >= 0.3 is 0 Å². The topological polar surface area (TPSA) is 63.7 Å². The lowest BCUT2D eigenvalue weighted by atomic mass is 10.1. The van der Waals surface area contributed by atoms with E-state index in [0.29, 0.717) is 16.9 Å². The number of hydrogen-bond acceptors (Lipinski definition) is 5. The molecule has 0 saturated carbocycles. The Kier molecular flexibility index (Phi) is 3.32. The monoisotopic (exact) mass is 285 g/mol. The first-order valence-electron chi connectivity index (χ1n) is 6.45. The van der Waals surface area contributed by atoms with Gasteiger partial charge in [-0.25, -0.2) is 0 Å². The van der Waals surface area contributed by atoms with Crippen LogP contribution in [0, 0.1) is 0 Å². The molecule has 0 spiro atoms. The molecular weight excluding hydrogens is 270 g/mol. The van der Waals surface area contributed by atoms with Gasteiger partial charge in [-0.1, -0.05) is 18.2 Å². The van der Waals surface area contributed by atoms with Crippen LogP contribution in [0.3, 0.4) is 0 Å². The van der Waals surface area contributed by atoms with Crippen LogP contribution in [0.2, 0.25) is 0 Å². The smallest absolute Gasteiger partial charge is 0.290 e. The normalized spacial score (nSPS) is 20.9. The molecule has 6 heteroatoms. The number of methoxy groups -OCH3 is 1. The third-order valence-corrected chi connectivity index (χ3v) is 3.42. The van der Waals surface area contributed by atoms with Crippen molar-refractivity contribution in [1.82, 2.24) is 10.0 Å². The number of aromatic nitrogens is 1. The van der Waals surface area contributed by atoms with E-state index in [1.807, 2.05) is 18.2 Å². The number of hydrogen-bond donors (Lipinski definition) is 1. The van der Waals surface area contributed by atoms with Gasteiger partial charge in [-0.2, -0.15) is 5.06 Å². The highest BCUT2D eigenvalue weighted by atomic mass is 16.7. The second kappa shape index (κ2) is 5.16. The highest BCUT2D eigenvalue weighted by Crippen LogP contribution is 2.37. The van der Waals surface area contributed by atoms with Crippen LogP contribution in [0.5, 0.6) is 0 Å². The van der Waals surface area contributed by atoms with Crippen molar-refractivity contribution in [3.8, 4) is 0 Å². The molecule has 2 heterocycles. The fraction of sp³-hybridized carbons (Fsp3) is 0.200. The minimum absolute atomic E-state index is 0.292. The summed E-state index contributed by atoms with van der Waals surface area (Å²) >= 11 is 0. The van der Waals surface area contributed by atoms with Crippen LogP contribution in [0.15, 0.2) is 48.7 Å². The van der Waals surface area contributed by atoms with Crippen LogP contribution < -0.4 is 5.32 Å². The molecule has 1 atom stereocenters.